The van der Waals surface area contributed by atoms with Crippen LogP contribution in [0.2, 0.25) is 0 Å². The molecule has 42 heavy (non-hydrogen) atoms. The van der Waals surface area contributed by atoms with Gasteiger partial charge in [0.05, 0.1) is 20.3 Å². The van der Waals surface area contributed by atoms with Crippen LogP contribution in [0, 0.1) is 0 Å². The maximum Gasteiger partial charge on any atom is 0.121 e. The van der Waals surface area contributed by atoms with Crippen molar-refractivity contribution in [2.45, 2.75) is 32.5 Å². The van der Waals surface area contributed by atoms with Crippen molar-refractivity contribution in [1.82, 2.24) is 0 Å². The Morgan fingerprint density at radius 1 is 0.667 bits per heavy atom. The van der Waals surface area contributed by atoms with E-state index in [9.17, 15) is 0 Å². The monoisotopic (exact) mass is 565 g/mol. The van der Waals surface area contributed by atoms with Crippen LogP contribution in [0.5, 0.6) is 11.5 Å². The Balaban J connectivity index is 1.21. The average Bonchev–Trinajstić information content (AvgIpc) is 3.57. The molecule has 0 unspecified atom stereocenters. The third kappa shape index (κ3) is 8.20. The molecule has 1 heterocycles. The van der Waals surface area contributed by atoms with Gasteiger partial charge in [-0.15, -0.1) is 0 Å². The molecule has 1 saturated heterocycles. The molecular weight excluding hydrogens is 522 g/mol. The first-order valence-corrected chi connectivity index (χ1v) is 14.9. The highest BCUT2D eigenvalue weighted by Gasteiger charge is 2.14. The topological polar surface area (TPSA) is 37.4 Å². The van der Waals surface area contributed by atoms with Gasteiger partial charge in [-0.1, -0.05) is 42.5 Å². The lowest BCUT2D eigenvalue weighted by Crippen LogP contribution is -2.23. The van der Waals surface area contributed by atoms with Crippen molar-refractivity contribution in [2.75, 3.05) is 62.2 Å². The second-order valence-corrected chi connectivity index (χ2v) is 11.0. The molecule has 0 bridgehead atoms. The van der Waals surface area contributed by atoms with E-state index in [1.54, 1.807) is 7.11 Å². The molecule has 0 aliphatic carbocycles. The van der Waals surface area contributed by atoms with Crippen molar-refractivity contribution in [3.63, 3.8) is 0 Å². The zero-order valence-corrected chi connectivity index (χ0v) is 25.2. The van der Waals surface area contributed by atoms with Gasteiger partial charge in [0.1, 0.15) is 18.1 Å². The Bertz CT molecular complexity index is 1400. The van der Waals surface area contributed by atoms with Gasteiger partial charge >= 0.3 is 0 Å². The summed E-state index contributed by atoms with van der Waals surface area (Å²) >= 11 is 0. The van der Waals surface area contributed by atoms with Crippen LogP contribution in [0.3, 0.4) is 0 Å². The Kier molecular flexibility index (Phi) is 10.2. The summed E-state index contributed by atoms with van der Waals surface area (Å²) in [6.07, 6.45) is 2.56. The molecule has 0 spiro atoms. The predicted molar refractivity (Wildman–Crippen MR) is 173 cm³/mol. The van der Waals surface area contributed by atoms with Gasteiger partial charge in [0, 0.05) is 63.4 Å². The van der Waals surface area contributed by atoms with E-state index in [4.69, 9.17) is 14.2 Å². The van der Waals surface area contributed by atoms with Crippen LogP contribution in [0.1, 0.15) is 29.5 Å². The normalized spacial score (nSPS) is 12.8. The molecule has 5 rings (SSSR count). The summed E-state index contributed by atoms with van der Waals surface area (Å²) in [4.78, 5) is 6.99. The first-order valence-electron chi connectivity index (χ1n) is 14.9. The van der Waals surface area contributed by atoms with Crippen molar-refractivity contribution in [2.24, 2.45) is 0 Å². The Morgan fingerprint density at radius 2 is 1.36 bits per heavy atom. The predicted octanol–water partition coefficient (Wildman–Crippen LogP) is 7.16. The maximum absolute atomic E-state index is 5.93. The first kappa shape index (κ1) is 29.3. The van der Waals surface area contributed by atoms with Crippen molar-refractivity contribution >= 4 is 17.1 Å². The zero-order chi connectivity index (χ0) is 29.1. The molecule has 1 aliphatic rings. The molecule has 4 aromatic carbocycles. The average molecular weight is 566 g/mol. The summed E-state index contributed by atoms with van der Waals surface area (Å²) in [6, 6.07) is 34.2. The third-order valence-corrected chi connectivity index (χ3v) is 7.66. The number of ether oxygens (including phenoxy) is 3. The lowest BCUT2D eigenvalue weighted by atomic mass is 10.1. The molecule has 0 N–H and O–H groups in total. The quantitative estimate of drug-likeness (QED) is 0.151. The minimum atomic E-state index is 0.514. The largest absolute Gasteiger partial charge is 0.497 e. The van der Waals surface area contributed by atoms with Gasteiger partial charge in [-0.25, -0.2) is 0 Å². The lowest BCUT2D eigenvalue weighted by Gasteiger charge is -2.27. The van der Waals surface area contributed by atoms with E-state index in [-0.39, 0.29) is 0 Å². The molecule has 0 atom stereocenters. The minimum absolute atomic E-state index is 0.514. The van der Waals surface area contributed by atoms with Crippen molar-refractivity contribution in [3.05, 3.63) is 114 Å². The fraction of sp³-hybridized carbons (Fsp3) is 0.333. The highest BCUT2D eigenvalue weighted by molar-refractivity contribution is 5.53. The van der Waals surface area contributed by atoms with Gasteiger partial charge in [-0.05, 0) is 78.1 Å². The van der Waals surface area contributed by atoms with Crippen LogP contribution in [0.15, 0.2) is 97.1 Å². The molecule has 4 aromatic rings. The van der Waals surface area contributed by atoms with Gasteiger partial charge < -0.3 is 28.9 Å². The standard InChI is InChI=1S/C36H43N3O3/c1-37(2)33-11-8-14-36(25-33)42-22-21-41-28-29-15-17-32(18-16-29)39(27-31-10-7-13-35(24-31)40-3)26-30-9-6-12-34(23-30)38-19-4-5-20-38/h6-18,23-25H,4-5,19-22,26-28H2,1-3H3. The van der Waals surface area contributed by atoms with Gasteiger partial charge in [0.25, 0.3) is 0 Å². The van der Waals surface area contributed by atoms with Crippen LogP contribution in [-0.4, -0.2) is 47.5 Å². The summed E-state index contributed by atoms with van der Waals surface area (Å²) in [6.45, 7) is 5.50. The second-order valence-electron chi connectivity index (χ2n) is 11.0. The first-order chi connectivity index (χ1) is 20.6. The maximum atomic E-state index is 5.93. The van der Waals surface area contributed by atoms with Crippen LogP contribution < -0.4 is 24.2 Å². The number of nitrogens with zero attached hydrogens (tertiary/aromatic N) is 3. The van der Waals surface area contributed by atoms with Crippen LogP contribution in [0.4, 0.5) is 17.1 Å². The fourth-order valence-electron chi connectivity index (χ4n) is 5.34. The molecule has 0 saturated carbocycles. The summed E-state index contributed by atoms with van der Waals surface area (Å²) in [7, 11) is 5.77. The van der Waals surface area contributed by atoms with Crippen LogP contribution in [0.25, 0.3) is 0 Å². The SMILES string of the molecule is COc1cccc(CN(Cc2cccc(N3CCCC3)c2)c2ccc(COCCOc3cccc(N(C)C)c3)cc2)c1. The highest BCUT2D eigenvalue weighted by Crippen LogP contribution is 2.26. The fourth-order valence-corrected chi connectivity index (χ4v) is 5.34. The lowest BCUT2D eigenvalue weighted by molar-refractivity contribution is 0.0889. The third-order valence-electron chi connectivity index (χ3n) is 7.66. The Morgan fingerprint density at radius 3 is 2.10 bits per heavy atom. The molecule has 0 radical (unpaired) electrons. The molecular formula is C36H43N3O3. The molecule has 0 aromatic heterocycles. The van der Waals surface area contributed by atoms with E-state index in [0.717, 1.165) is 48.9 Å². The number of anilines is 3. The molecule has 6 heteroatoms. The van der Waals surface area contributed by atoms with Crippen LogP contribution in [-0.2, 0) is 24.4 Å². The highest BCUT2D eigenvalue weighted by atomic mass is 16.5. The summed E-state index contributed by atoms with van der Waals surface area (Å²) in [5.41, 5.74) is 7.30. The molecule has 1 aliphatic heterocycles. The number of methoxy groups -OCH3 is 1. The smallest absolute Gasteiger partial charge is 0.121 e. The van der Waals surface area contributed by atoms with E-state index >= 15 is 0 Å². The number of hydrogen-bond donors (Lipinski definition) is 0. The van der Waals surface area contributed by atoms with Gasteiger partial charge in [0.15, 0.2) is 0 Å². The number of benzene rings is 4. The van der Waals surface area contributed by atoms with Crippen molar-refractivity contribution in [3.8, 4) is 11.5 Å². The summed E-state index contributed by atoms with van der Waals surface area (Å²) in [5, 5.41) is 0. The molecule has 6 nitrogen and oxygen atoms in total. The molecule has 1 fully saturated rings. The summed E-state index contributed by atoms with van der Waals surface area (Å²) < 4.78 is 17.3. The Hall–Kier alpha value is -4.16. The van der Waals surface area contributed by atoms with Crippen molar-refractivity contribution < 1.29 is 14.2 Å². The molecule has 0 amide bonds. The number of hydrogen-bond acceptors (Lipinski definition) is 6. The number of rotatable bonds is 14. The van der Waals surface area contributed by atoms with Crippen LogP contribution >= 0.6 is 0 Å². The van der Waals surface area contributed by atoms with Gasteiger partial charge in [-0.2, -0.15) is 0 Å². The van der Waals surface area contributed by atoms with E-state index in [1.807, 2.05) is 38.4 Å². The zero-order valence-electron chi connectivity index (χ0n) is 25.2. The minimum Gasteiger partial charge on any atom is -0.497 e. The second kappa shape index (κ2) is 14.6. The Labute approximate surface area is 251 Å². The van der Waals surface area contributed by atoms with E-state index < -0.39 is 0 Å². The van der Waals surface area contributed by atoms with Gasteiger partial charge in [-0.3, -0.25) is 0 Å². The van der Waals surface area contributed by atoms with E-state index in [0.29, 0.717) is 19.8 Å². The molecule has 220 valence electrons. The van der Waals surface area contributed by atoms with E-state index in [1.165, 1.54) is 35.3 Å². The van der Waals surface area contributed by atoms with E-state index in [2.05, 4.69) is 87.5 Å². The van der Waals surface area contributed by atoms with Gasteiger partial charge in [0.2, 0.25) is 0 Å². The summed E-state index contributed by atoms with van der Waals surface area (Å²) in [5.74, 6) is 1.74. The van der Waals surface area contributed by atoms with Crippen molar-refractivity contribution in [1.29, 1.82) is 0 Å².